The number of ether oxygens (including phenoxy) is 1. The number of aryl methyl sites for hydroxylation is 1. The Morgan fingerprint density at radius 1 is 0.886 bits per heavy atom. The van der Waals surface area contributed by atoms with Crippen LogP contribution in [0.2, 0.25) is 0 Å². The van der Waals surface area contributed by atoms with Gasteiger partial charge in [-0.05, 0) is 41.7 Å². The molecule has 0 aromatic heterocycles. The number of methoxy groups -OCH3 is 1. The molecule has 35 heavy (non-hydrogen) atoms. The molecule has 3 aromatic rings. The molecule has 1 N–H and O–H groups in total. The van der Waals surface area contributed by atoms with Gasteiger partial charge in [-0.25, -0.2) is 0 Å². The van der Waals surface area contributed by atoms with Gasteiger partial charge in [-0.2, -0.15) is 0 Å². The lowest BCUT2D eigenvalue weighted by molar-refractivity contribution is -0.140. The van der Waals surface area contributed by atoms with Crippen LogP contribution in [0.3, 0.4) is 0 Å². The molecule has 0 bridgehead atoms. The van der Waals surface area contributed by atoms with Crippen molar-refractivity contribution in [3.8, 4) is 5.75 Å². The van der Waals surface area contributed by atoms with Crippen molar-refractivity contribution in [2.75, 3.05) is 13.7 Å². The molecule has 0 heterocycles. The highest BCUT2D eigenvalue weighted by atomic mass is 16.5. The first kappa shape index (κ1) is 26.0. The lowest BCUT2D eigenvalue weighted by Crippen LogP contribution is -2.51. The van der Waals surface area contributed by atoms with Crippen LogP contribution in [0.1, 0.15) is 36.1 Å². The van der Waals surface area contributed by atoms with Gasteiger partial charge in [0.25, 0.3) is 0 Å². The van der Waals surface area contributed by atoms with Crippen LogP contribution < -0.4 is 10.1 Å². The number of hydrogen-bond donors (Lipinski definition) is 1. The highest BCUT2D eigenvalue weighted by molar-refractivity contribution is 5.88. The summed E-state index contributed by atoms with van der Waals surface area (Å²) < 4.78 is 5.25. The van der Waals surface area contributed by atoms with Crippen LogP contribution in [-0.4, -0.2) is 36.4 Å². The average molecular weight is 473 g/mol. The van der Waals surface area contributed by atoms with Crippen molar-refractivity contribution in [3.63, 3.8) is 0 Å². The summed E-state index contributed by atoms with van der Waals surface area (Å²) in [5, 5.41) is 3.06. The van der Waals surface area contributed by atoms with Gasteiger partial charge in [0.15, 0.2) is 0 Å². The van der Waals surface area contributed by atoms with E-state index in [-0.39, 0.29) is 18.2 Å². The molecule has 5 heteroatoms. The van der Waals surface area contributed by atoms with Crippen molar-refractivity contribution in [1.29, 1.82) is 0 Å². The van der Waals surface area contributed by atoms with Gasteiger partial charge in [-0.3, -0.25) is 9.59 Å². The maximum Gasteiger partial charge on any atom is 0.243 e. The summed E-state index contributed by atoms with van der Waals surface area (Å²) in [6.45, 7) is 7.08. The van der Waals surface area contributed by atoms with Crippen molar-refractivity contribution in [3.05, 3.63) is 101 Å². The molecular weight excluding hydrogens is 436 g/mol. The number of amides is 2. The SMILES string of the molecule is COc1ccc(CC(=O)N(Cc2cccc(C)c2)C(Cc2ccccc2)C(=O)NCC(C)C)cc1. The Hall–Kier alpha value is -3.60. The van der Waals surface area contributed by atoms with Gasteiger partial charge in [-0.15, -0.1) is 0 Å². The third-order valence-electron chi connectivity index (χ3n) is 5.91. The van der Waals surface area contributed by atoms with Gasteiger partial charge in [0, 0.05) is 19.5 Å². The Balaban J connectivity index is 1.94. The molecule has 5 nitrogen and oxygen atoms in total. The average Bonchev–Trinajstić information content (AvgIpc) is 2.85. The van der Waals surface area contributed by atoms with E-state index in [2.05, 4.69) is 25.2 Å². The van der Waals surface area contributed by atoms with E-state index in [1.165, 1.54) is 0 Å². The summed E-state index contributed by atoms with van der Waals surface area (Å²) in [4.78, 5) is 29.0. The lowest BCUT2D eigenvalue weighted by Gasteiger charge is -2.32. The second-order valence-corrected chi connectivity index (χ2v) is 9.38. The van der Waals surface area contributed by atoms with Gasteiger partial charge in [0.2, 0.25) is 11.8 Å². The van der Waals surface area contributed by atoms with E-state index in [0.717, 1.165) is 28.0 Å². The van der Waals surface area contributed by atoms with Gasteiger partial charge >= 0.3 is 0 Å². The van der Waals surface area contributed by atoms with Crippen LogP contribution in [-0.2, 0) is 29.0 Å². The number of nitrogens with zero attached hydrogens (tertiary/aromatic N) is 1. The smallest absolute Gasteiger partial charge is 0.243 e. The molecular formula is C30H36N2O3. The maximum absolute atomic E-state index is 13.7. The summed E-state index contributed by atoms with van der Waals surface area (Å²) in [5.41, 5.74) is 4.02. The van der Waals surface area contributed by atoms with E-state index in [4.69, 9.17) is 4.74 Å². The Morgan fingerprint density at radius 3 is 2.20 bits per heavy atom. The fourth-order valence-corrected chi connectivity index (χ4v) is 4.00. The first-order chi connectivity index (χ1) is 16.9. The Kier molecular flexibility index (Phi) is 9.47. The van der Waals surface area contributed by atoms with Gasteiger partial charge < -0.3 is 15.0 Å². The molecule has 0 aliphatic heterocycles. The minimum absolute atomic E-state index is 0.0858. The fourth-order valence-electron chi connectivity index (χ4n) is 4.00. The van der Waals surface area contributed by atoms with Crippen LogP contribution in [0.15, 0.2) is 78.9 Å². The summed E-state index contributed by atoms with van der Waals surface area (Å²) >= 11 is 0. The molecule has 3 aromatic carbocycles. The molecule has 184 valence electrons. The summed E-state index contributed by atoms with van der Waals surface area (Å²) in [6, 6.07) is 24.8. The van der Waals surface area contributed by atoms with Crippen molar-refractivity contribution < 1.29 is 14.3 Å². The van der Waals surface area contributed by atoms with Crippen LogP contribution in [0.4, 0.5) is 0 Å². The van der Waals surface area contributed by atoms with Crippen LogP contribution in [0.5, 0.6) is 5.75 Å². The maximum atomic E-state index is 13.7. The van der Waals surface area contributed by atoms with Crippen LogP contribution in [0, 0.1) is 12.8 Å². The molecule has 0 aliphatic rings. The zero-order valence-electron chi connectivity index (χ0n) is 21.2. The number of carbonyl (C=O) groups is 2. The number of benzene rings is 3. The Bertz CT molecular complexity index is 1090. The fraction of sp³-hybridized carbons (Fsp3) is 0.333. The van der Waals surface area contributed by atoms with E-state index >= 15 is 0 Å². The first-order valence-corrected chi connectivity index (χ1v) is 12.1. The van der Waals surface area contributed by atoms with Gasteiger partial charge in [-0.1, -0.05) is 86.1 Å². The molecule has 2 amide bonds. The largest absolute Gasteiger partial charge is 0.497 e. The zero-order chi connectivity index (χ0) is 25.2. The molecule has 3 rings (SSSR count). The molecule has 1 atom stereocenters. The predicted octanol–water partition coefficient (Wildman–Crippen LogP) is 4.96. The zero-order valence-corrected chi connectivity index (χ0v) is 21.2. The summed E-state index contributed by atoms with van der Waals surface area (Å²) in [7, 11) is 1.62. The van der Waals surface area contributed by atoms with Gasteiger partial charge in [0.1, 0.15) is 11.8 Å². The lowest BCUT2D eigenvalue weighted by atomic mass is 10.0. The van der Waals surface area contributed by atoms with Crippen molar-refractivity contribution in [1.82, 2.24) is 10.2 Å². The summed E-state index contributed by atoms with van der Waals surface area (Å²) in [5.74, 6) is 0.847. The Morgan fingerprint density at radius 2 is 1.57 bits per heavy atom. The minimum atomic E-state index is -0.623. The standard InChI is InChI=1S/C30H36N2O3/c1-22(2)20-31-30(34)28(18-24-10-6-5-7-11-24)32(21-26-12-8-9-23(3)17-26)29(33)19-25-13-15-27(35-4)16-14-25/h5-17,22,28H,18-21H2,1-4H3,(H,31,34). The third-order valence-corrected chi connectivity index (χ3v) is 5.91. The third kappa shape index (κ3) is 7.99. The molecule has 0 fully saturated rings. The minimum Gasteiger partial charge on any atom is -0.497 e. The number of hydrogen-bond acceptors (Lipinski definition) is 3. The second kappa shape index (κ2) is 12.7. The van der Waals surface area contributed by atoms with E-state index in [1.54, 1.807) is 12.0 Å². The van der Waals surface area contributed by atoms with E-state index in [1.807, 2.05) is 79.7 Å². The van der Waals surface area contributed by atoms with Crippen LogP contribution >= 0.6 is 0 Å². The van der Waals surface area contributed by atoms with Crippen molar-refractivity contribution in [2.24, 2.45) is 5.92 Å². The second-order valence-electron chi connectivity index (χ2n) is 9.38. The molecule has 1 unspecified atom stereocenters. The highest BCUT2D eigenvalue weighted by Gasteiger charge is 2.30. The van der Waals surface area contributed by atoms with Crippen molar-refractivity contribution in [2.45, 2.75) is 46.2 Å². The first-order valence-electron chi connectivity index (χ1n) is 12.1. The molecule has 0 saturated heterocycles. The summed E-state index contributed by atoms with van der Waals surface area (Å²) in [6.07, 6.45) is 0.656. The predicted molar refractivity (Wildman–Crippen MR) is 140 cm³/mol. The quantitative estimate of drug-likeness (QED) is 0.429. The topological polar surface area (TPSA) is 58.6 Å². The molecule has 0 aliphatic carbocycles. The highest BCUT2D eigenvalue weighted by Crippen LogP contribution is 2.18. The number of carbonyl (C=O) groups excluding carboxylic acids is 2. The normalized spacial score (nSPS) is 11.7. The van der Waals surface area contributed by atoms with E-state index < -0.39 is 6.04 Å². The van der Waals surface area contributed by atoms with E-state index in [0.29, 0.717) is 25.4 Å². The molecule has 0 saturated carbocycles. The van der Waals surface area contributed by atoms with Crippen LogP contribution in [0.25, 0.3) is 0 Å². The molecule has 0 radical (unpaired) electrons. The monoisotopic (exact) mass is 472 g/mol. The van der Waals surface area contributed by atoms with E-state index in [9.17, 15) is 9.59 Å². The van der Waals surface area contributed by atoms with Gasteiger partial charge in [0.05, 0.1) is 13.5 Å². The molecule has 0 spiro atoms. The van der Waals surface area contributed by atoms with Crippen molar-refractivity contribution >= 4 is 11.8 Å². The number of nitrogens with one attached hydrogen (secondary N) is 1. The Labute approximate surface area is 209 Å². The number of rotatable bonds is 11.